The number of halogens is 1. The molecule has 18 heavy (non-hydrogen) atoms. The van der Waals surface area contributed by atoms with Crippen molar-refractivity contribution in [3.05, 3.63) is 28.8 Å². The van der Waals surface area contributed by atoms with Gasteiger partial charge in [0.2, 0.25) is 0 Å². The topological polar surface area (TPSA) is 21.3 Å². The van der Waals surface area contributed by atoms with Crippen molar-refractivity contribution in [2.75, 3.05) is 13.7 Å². The van der Waals surface area contributed by atoms with Crippen molar-refractivity contribution in [3.63, 3.8) is 0 Å². The van der Waals surface area contributed by atoms with E-state index in [-0.39, 0.29) is 0 Å². The van der Waals surface area contributed by atoms with Crippen LogP contribution in [0.5, 0.6) is 5.75 Å². The van der Waals surface area contributed by atoms with Gasteiger partial charge in [0.15, 0.2) is 0 Å². The van der Waals surface area contributed by atoms with E-state index in [1.165, 1.54) is 31.2 Å². The molecule has 1 aliphatic carbocycles. The Morgan fingerprint density at radius 1 is 1.39 bits per heavy atom. The van der Waals surface area contributed by atoms with Gasteiger partial charge in [0.1, 0.15) is 5.75 Å². The molecule has 0 aromatic heterocycles. The zero-order valence-corrected chi connectivity index (χ0v) is 12.0. The minimum atomic E-state index is 0.602. The van der Waals surface area contributed by atoms with Gasteiger partial charge >= 0.3 is 0 Å². The molecule has 1 aliphatic rings. The smallest absolute Gasteiger partial charge is 0.137 e. The van der Waals surface area contributed by atoms with Crippen LogP contribution in [-0.2, 0) is 6.54 Å². The van der Waals surface area contributed by atoms with Crippen LogP contribution in [0.3, 0.4) is 0 Å². The van der Waals surface area contributed by atoms with E-state index in [4.69, 9.17) is 16.3 Å². The van der Waals surface area contributed by atoms with Gasteiger partial charge in [0.05, 0.1) is 12.1 Å². The first-order valence-electron chi connectivity index (χ1n) is 6.72. The molecule has 0 aliphatic heterocycles. The molecule has 3 heteroatoms. The van der Waals surface area contributed by atoms with Gasteiger partial charge in [-0.1, -0.05) is 31.0 Å². The third kappa shape index (κ3) is 3.39. The van der Waals surface area contributed by atoms with Gasteiger partial charge in [0.25, 0.3) is 0 Å². The lowest BCUT2D eigenvalue weighted by molar-refractivity contribution is 0.413. The van der Waals surface area contributed by atoms with E-state index in [1.54, 1.807) is 7.11 Å². The maximum atomic E-state index is 6.11. The Morgan fingerprint density at radius 3 is 2.72 bits per heavy atom. The molecule has 0 radical (unpaired) electrons. The molecule has 1 aromatic rings. The zero-order chi connectivity index (χ0) is 13.0. The van der Waals surface area contributed by atoms with Crippen LogP contribution in [0.15, 0.2) is 18.2 Å². The molecule has 0 spiro atoms. The summed E-state index contributed by atoms with van der Waals surface area (Å²) in [6.45, 7) is 4.28. The molecule has 0 saturated heterocycles. The van der Waals surface area contributed by atoms with E-state index in [0.29, 0.717) is 10.4 Å². The molecule has 1 fully saturated rings. The zero-order valence-electron chi connectivity index (χ0n) is 11.3. The van der Waals surface area contributed by atoms with Crippen LogP contribution in [0.2, 0.25) is 5.02 Å². The van der Waals surface area contributed by atoms with Gasteiger partial charge in [-0.05, 0) is 42.4 Å². The quantitative estimate of drug-likeness (QED) is 0.806. The van der Waals surface area contributed by atoms with Crippen LogP contribution in [0.1, 0.15) is 38.2 Å². The second-order valence-corrected chi connectivity index (χ2v) is 5.73. The Labute approximate surface area is 115 Å². The molecule has 0 bridgehead atoms. The van der Waals surface area contributed by atoms with Crippen molar-refractivity contribution in [1.29, 1.82) is 0 Å². The third-order valence-corrected chi connectivity index (χ3v) is 4.08. The van der Waals surface area contributed by atoms with E-state index in [1.807, 2.05) is 12.1 Å². The van der Waals surface area contributed by atoms with Crippen LogP contribution >= 0.6 is 11.6 Å². The minimum Gasteiger partial charge on any atom is -0.495 e. The summed E-state index contributed by atoms with van der Waals surface area (Å²) in [5.41, 5.74) is 1.82. The maximum absolute atomic E-state index is 6.11. The lowest BCUT2D eigenvalue weighted by Crippen LogP contribution is -2.23. The largest absolute Gasteiger partial charge is 0.495 e. The Bertz CT molecular complexity index is 401. The molecule has 0 unspecified atom stereocenters. The fourth-order valence-corrected chi connectivity index (χ4v) is 2.79. The van der Waals surface area contributed by atoms with Crippen molar-refractivity contribution in [1.82, 2.24) is 5.32 Å². The Kier molecular flexibility index (Phi) is 4.52. The van der Waals surface area contributed by atoms with Gasteiger partial charge in [-0.15, -0.1) is 0 Å². The summed E-state index contributed by atoms with van der Waals surface area (Å²) in [5.74, 6) is 0.741. The molecule has 100 valence electrons. The number of ether oxygens (including phenoxy) is 1. The lowest BCUT2D eigenvalue weighted by Gasteiger charge is -2.15. The molecule has 0 atom stereocenters. The highest BCUT2D eigenvalue weighted by Crippen LogP contribution is 2.48. The first-order chi connectivity index (χ1) is 8.69. The first-order valence-corrected chi connectivity index (χ1v) is 7.10. The molecule has 1 N–H and O–H groups in total. The molecule has 0 amide bonds. The van der Waals surface area contributed by atoms with E-state index in [2.05, 4.69) is 18.3 Å². The minimum absolute atomic E-state index is 0.602. The van der Waals surface area contributed by atoms with Crippen molar-refractivity contribution < 1.29 is 4.74 Å². The molecule has 2 nitrogen and oxygen atoms in total. The molecular weight excluding hydrogens is 246 g/mol. The number of methoxy groups -OCH3 is 1. The van der Waals surface area contributed by atoms with Crippen LogP contribution in [-0.4, -0.2) is 13.7 Å². The number of hydrogen-bond donors (Lipinski definition) is 1. The second-order valence-electron chi connectivity index (χ2n) is 5.32. The number of nitrogens with one attached hydrogen (secondary N) is 1. The van der Waals surface area contributed by atoms with Crippen LogP contribution in [0.25, 0.3) is 0 Å². The van der Waals surface area contributed by atoms with Crippen molar-refractivity contribution >= 4 is 11.6 Å². The van der Waals surface area contributed by atoms with E-state index < -0.39 is 0 Å². The summed E-state index contributed by atoms with van der Waals surface area (Å²) in [7, 11) is 1.64. The highest BCUT2D eigenvalue weighted by atomic mass is 35.5. The summed E-state index contributed by atoms with van der Waals surface area (Å²) < 4.78 is 5.15. The molecule has 1 saturated carbocycles. The second kappa shape index (κ2) is 5.94. The molecule has 1 aromatic carbocycles. The van der Waals surface area contributed by atoms with E-state index >= 15 is 0 Å². The molecule has 2 rings (SSSR count). The van der Waals surface area contributed by atoms with Gasteiger partial charge in [-0.3, -0.25) is 0 Å². The van der Waals surface area contributed by atoms with Crippen molar-refractivity contribution in [2.45, 2.75) is 39.2 Å². The summed E-state index contributed by atoms with van der Waals surface area (Å²) in [4.78, 5) is 0. The molecular formula is C15H22ClNO. The average Bonchev–Trinajstić information content (AvgIpc) is 3.10. The molecule has 0 heterocycles. The Morgan fingerprint density at radius 2 is 2.17 bits per heavy atom. The van der Waals surface area contributed by atoms with Gasteiger partial charge in [0, 0.05) is 13.1 Å². The number of benzene rings is 1. The van der Waals surface area contributed by atoms with Crippen LogP contribution in [0.4, 0.5) is 0 Å². The summed E-state index contributed by atoms with van der Waals surface area (Å²) in [6, 6.07) is 5.97. The van der Waals surface area contributed by atoms with Gasteiger partial charge in [-0.25, -0.2) is 0 Å². The summed E-state index contributed by atoms with van der Waals surface area (Å²) in [5, 5.41) is 4.24. The Hall–Kier alpha value is -0.730. The number of rotatable bonds is 7. The fraction of sp³-hybridized carbons (Fsp3) is 0.600. The van der Waals surface area contributed by atoms with E-state index in [9.17, 15) is 0 Å². The highest BCUT2D eigenvalue weighted by molar-refractivity contribution is 6.32. The van der Waals surface area contributed by atoms with Crippen molar-refractivity contribution in [3.8, 4) is 5.75 Å². The maximum Gasteiger partial charge on any atom is 0.137 e. The SMILES string of the molecule is CCCC1(CNCc2ccc(OC)c(Cl)c2)CC1. The summed E-state index contributed by atoms with van der Waals surface area (Å²) >= 11 is 6.11. The van der Waals surface area contributed by atoms with Gasteiger partial charge in [-0.2, -0.15) is 0 Å². The predicted octanol–water partition coefficient (Wildman–Crippen LogP) is 4.02. The number of hydrogen-bond acceptors (Lipinski definition) is 2. The van der Waals surface area contributed by atoms with Crippen LogP contribution < -0.4 is 10.1 Å². The highest BCUT2D eigenvalue weighted by Gasteiger charge is 2.40. The standard InChI is InChI=1S/C15H22ClNO/c1-3-6-15(7-8-15)11-17-10-12-4-5-14(18-2)13(16)9-12/h4-5,9,17H,3,6-8,10-11H2,1-2H3. The monoisotopic (exact) mass is 267 g/mol. The normalized spacial score (nSPS) is 16.6. The van der Waals surface area contributed by atoms with E-state index in [0.717, 1.165) is 18.8 Å². The van der Waals surface area contributed by atoms with Gasteiger partial charge < -0.3 is 10.1 Å². The summed E-state index contributed by atoms with van der Waals surface area (Å²) in [6.07, 6.45) is 5.41. The first kappa shape index (κ1) is 13.7. The predicted molar refractivity (Wildman–Crippen MR) is 76.3 cm³/mol. The Balaban J connectivity index is 1.82. The van der Waals surface area contributed by atoms with Crippen LogP contribution in [0, 0.1) is 5.41 Å². The van der Waals surface area contributed by atoms with Crippen molar-refractivity contribution in [2.24, 2.45) is 5.41 Å². The fourth-order valence-electron chi connectivity index (χ4n) is 2.51. The third-order valence-electron chi connectivity index (χ3n) is 3.78. The average molecular weight is 268 g/mol. The lowest BCUT2D eigenvalue weighted by atomic mass is 10.0.